The van der Waals surface area contributed by atoms with Crippen LogP contribution in [-0.4, -0.2) is 57.6 Å². The Balaban J connectivity index is 2.60. The largest absolute Gasteiger partial charge is 0.394 e. The minimum atomic E-state index is -1.12. The Morgan fingerprint density at radius 1 is 1.33 bits per heavy atom. The molecule has 0 radical (unpaired) electrons. The normalized spacial score (nSPS) is 44.8. The fourth-order valence-corrected chi connectivity index (χ4v) is 1.33. The van der Waals surface area contributed by atoms with Gasteiger partial charge in [-0.05, 0) is 6.92 Å². The molecule has 0 spiro atoms. The average molecular weight is 178 g/mol. The highest BCUT2D eigenvalue weighted by atomic mass is 16.6. The molecule has 1 aliphatic rings. The summed E-state index contributed by atoms with van der Waals surface area (Å²) in [6, 6.07) is 0. The van der Waals surface area contributed by atoms with Gasteiger partial charge >= 0.3 is 0 Å². The topological polar surface area (TPSA) is 90.2 Å². The fraction of sp³-hybridized carbons (Fsp3) is 1.00. The molecule has 1 unspecified atom stereocenters. The van der Waals surface area contributed by atoms with Gasteiger partial charge in [-0.15, -0.1) is 0 Å². The van der Waals surface area contributed by atoms with Crippen molar-refractivity contribution < 1.29 is 25.2 Å². The first-order valence-electron chi connectivity index (χ1n) is 3.88. The standard InChI is InChI=1S/C7H14O5/c1-3(9)7-6(11)5(10)4(2-8)12-7/h3-11H,2H2,1H3/t3-,4?,5-,6+,7-/m1/s1. The number of hydrogen-bond donors (Lipinski definition) is 4. The van der Waals surface area contributed by atoms with E-state index in [2.05, 4.69) is 0 Å². The van der Waals surface area contributed by atoms with Crippen molar-refractivity contribution in [2.75, 3.05) is 6.61 Å². The Kier molecular flexibility index (Phi) is 3.03. The quantitative estimate of drug-likeness (QED) is 0.387. The van der Waals surface area contributed by atoms with Crippen LogP contribution in [0.5, 0.6) is 0 Å². The van der Waals surface area contributed by atoms with Gasteiger partial charge in [0.15, 0.2) is 0 Å². The summed E-state index contributed by atoms with van der Waals surface area (Å²) in [5, 5.41) is 36.3. The lowest BCUT2D eigenvalue weighted by Gasteiger charge is -2.16. The van der Waals surface area contributed by atoms with Crippen LogP contribution in [0, 0.1) is 0 Å². The Bertz CT molecular complexity index is 149. The molecule has 1 heterocycles. The van der Waals surface area contributed by atoms with Crippen molar-refractivity contribution in [1.29, 1.82) is 0 Å². The van der Waals surface area contributed by atoms with Crippen LogP contribution < -0.4 is 0 Å². The Labute approximate surface area is 70.2 Å². The van der Waals surface area contributed by atoms with E-state index >= 15 is 0 Å². The summed E-state index contributed by atoms with van der Waals surface area (Å²) in [6.07, 6.45) is -4.69. The summed E-state index contributed by atoms with van der Waals surface area (Å²) in [4.78, 5) is 0. The minimum Gasteiger partial charge on any atom is -0.394 e. The van der Waals surface area contributed by atoms with Crippen LogP contribution in [-0.2, 0) is 4.74 Å². The van der Waals surface area contributed by atoms with Crippen molar-refractivity contribution in [3.8, 4) is 0 Å². The molecule has 4 N–H and O–H groups in total. The van der Waals surface area contributed by atoms with Crippen molar-refractivity contribution in [3.05, 3.63) is 0 Å². The first kappa shape index (κ1) is 9.88. The average Bonchev–Trinajstić information content (AvgIpc) is 2.30. The lowest BCUT2D eigenvalue weighted by atomic mass is 10.1. The summed E-state index contributed by atoms with van der Waals surface area (Å²) < 4.78 is 5.00. The van der Waals surface area contributed by atoms with Crippen LogP contribution >= 0.6 is 0 Å². The summed E-state index contributed by atoms with van der Waals surface area (Å²) in [5.74, 6) is 0. The molecule has 0 saturated carbocycles. The summed E-state index contributed by atoms with van der Waals surface area (Å²) in [7, 11) is 0. The smallest absolute Gasteiger partial charge is 0.112 e. The number of ether oxygens (including phenoxy) is 1. The molecule has 12 heavy (non-hydrogen) atoms. The summed E-state index contributed by atoms with van der Waals surface area (Å²) in [5.41, 5.74) is 0. The van der Waals surface area contributed by atoms with Gasteiger partial charge in [0.2, 0.25) is 0 Å². The van der Waals surface area contributed by atoms with Crippen LogP contribution in [0.25, 0.3) is 0 Å². The highest BCUT2D eigenvalue weighted by molar-refractivity contribution is 4.92. The molecule has 1 fully saturated rings. The zero-order chi connectivity index (χ0) is 9.30. The van der Waals surface area contributed by atoms with Crippen LogP contribution in [0.3, 0.4) is 0 Å². The molecule has 72 valence electrons. The van der Waals surface area contributed by atoms with Gasteiger partial charge in [-0.25, -0.2) is 0 Å². The van der Waals surface area contributed by atoms with E-state index in [1.807, 2.05) is 0 Å². The SMILES string of the molecule is C[C@@H](O)[C@H]1OC(CO)[C@@H](O)[C@@H]1O. The molecule has 0 aliphatic carbocycles. The number of aliphatic hydroxyl groups is 4. The second-order valence-corrected chi connectivity index (χ2v) is 3.04. The van der Waals surface area contributed by atoms with E-state index in [9.17, 15) is 10.2 Å². The highest BCUT2D eigenvalue weighted by Crippen LogP contribution is 2.23. The third kappa shape index (κ3) is 1.60. The zero-order valence-electron chi connectivity index (χ0n) is 6.79. The Morgan fingerprint density at radius 3 is 2.17 bits per heavy atom. The highest BCUT2D eigenvalue weighted by Gasteiger charge is 2.44. The second kappa shape index (κ2) is 3.68. The molecular formula is C7H14O5. The van der Waals surface area contributed by atoms with Crippen molar-refractivity contribution in [2.45, 2.75) is 37.4 Å². The molecule has 0 aromatic rings. The fourth-order valence-electron chi connectivity index (χ4n) is 1.33. The third-order valence-electron chi connectivity index (χ3n) is 2.05. The van der Waals surface area contributed by atoms with E-state index < -0.39 is 30.5 Å². The maximum Gasteiger partial charge on any atom is 0.112 e. The summed E-state index contributed by atoms with van der Waals surface area (Å²) >= 11 is 0. The van der Waals surface area contributed by atoms with Crippen molar-refractivity contribution in [3.63, 3.8) is 0 Å². The van der Waals surface area contributed by atoms with E-state index in [1.165, 1.54) is 6.92 Å². The van der Waals surface area contributed by atoms with Crippen LogP contribution in [0.2, 0.25) is 0 Å². The van der Waals surface area contributed by atoms with Gasteiger partial charge in [0.05, 0.1) is 12.7 Å². The van der Waals surface area contributed by atoms with E-state index in [-0.39, 0.29) is 6.61 Å². The van der Waals surface area contributed by atoms with E-state index in [0.29, 0.717) is 0 Å². The van der Waals surface area contributed by atoms with Crippen LogP contribution in [0.1, 0.15) is 6.92 Å². The van der Waals surface area contributed by atoms with Crippen molar-refractivity contribution in [2.24, 2.45) is 0 Å². The number of aliphatic hydroxyl groups excluding tert-OH is 4. The lowest BCUT2D eigenvalue weighted by molar-refractivity contribution is -0.0683. The predicted octanol–water partition coefficient (Wildman–Crippen LogP) is -2.15. The van der Waals surface area contributed by atoms with Gasteiger partial charge in [-0.1, -0.05) is 0 Å². The van der Waals surface area contributed by atoms with Crippen molar-refractivity contribution >= 4 is 0 Å². The molecule has 0 aromatic carbocycles. The van der Waals surface area contributed by atoms with E-state index in [1.54, 1.807) is 0 Å². The molecule has 0 amide bonds. The summed E-state index contributed by atoms with van der Waals surface area (Å²) in [6.45, 7) is 1.10. The second-order valence-electron chi connectivity index (χ2n) is 3.04. The molecule has 1 rings (SSSR count). The first-order valence-corrected chi connectivity index (χ1v) is 3.88. The Hall–Kier alpha value is -0.200. The molecule has 5 atom stereocenters. The minimum absolute atomic E-state index is 0.360. The maximum atomic E-state index is 9.28. The van der Waals surface area contributed by atoms with Gasteiger partial charge in [0.25, 0.3) is 0 Å². The van der Waals surface area contributed by atoms with Gasteiger partial charge in [0.1, 0.15) is 24.4 Å². The van der Waals surface area contributed by atoms with Gasteiger partial charge in [-0.3, -0.25) is 0 Å². The van der Waals surface area contributed by atoms with Gasteiger partial charge in [-0.2, -0.15) is 0 Å². The molecule has 0 bridgehead atoms. The van der Waals surface area contributed by atoms with Crippen LogP contribution in [0.4, 0.5) is 0 Å². The Morgan fingerprint density at radius 2 is 1.92 bits per heavy atom. The first-order chi connectivity index (χ1) is 5.57. The molecule has 1 saturated heterocycles. The lowest BCUT2D eigenvalue weighted by Crippen LogP contribution is -2.37. The third-order valence-corrected chi connectivity index (χ3v) is 2.05. The molecule has 5 nitrogen and oxygen atoms in total. The zero-order valence-corrected chi connectivity index (χ0v) is 6.79. The molecule has 1 aliphatic heterocycles. The van der Waals surface area contributed by atoms with Crippen LogP contribution in [0.15, 0.2) is 0 Å². The van der Waals surface area contributed by atoms with E-state index in [4.69, 9.17) is 14.9 Å². The van der Waals surface area contributed by atoms with Crippen molar-refractivity contribution in [1.82, 2.24) is 0 Å². The molecule has 0 aromatic heterocycles. The van der Waals surface area contributed by atoms with E-state index in [0.717, 1.165) is 0 Å². The molecule has 5 heteroatoms. The number of hydrogen-bond acceptors (Lipinski definition) is 5. The maximum absolute atomic E-state index is 9.28. The van der Waals surface area contributed by atoms with Gasteiger partial charge in [0, 0.05) is 0 Å². The predicted molar refractivity (Wildman–Crippen MR) is 39.4 cm³/mol. The number of rotatable bonds is 2. The monoisotopic (exact) mass is 178 g/mol. The molecular weight excluding hydrogens is 164 g/mol. The van der Waals surface area contributed by atoms with Gasteiger partial charge < -0.3 is 25.2 Å².